The first-order valence-corrected chi connectivity index (χ1v) is 5.62. The molecule has 4 heteroatoms. The molecule has 0 saturated carbocycles. The molecule has 0 aromatic carbocycles. The van der Waals surface area contributed by atoms with Gasteiger partial charge in [0, 0.05) is 23.0 Å². The maximum atomic E-state index is 11.1. The summed E-state index contributed by atoms with van der Waals surface area (Å²) in [4.78, 5) is 13.3. The third-order valence-corrected chi connectivity index (χ3v) is 3.26. The molecule has 0 aliphatic carbocycles. The summed E-state index contributed by atoms with van der Waals surface area (Å²) in [7, 11) is 0. The Bertz CT molecular complexity index is 232. The normalized spacial score (nSPS) is 21.2. The summed E-state index contributed by atoms with van der Waals surface area (Å²) >= 11 is 11.3. The van der Waals surface area contributed by atoms with Crippen LogP contribution in [0.5, 0.6) is 0 Å². The molecule has 2 nitrogen and oxygen atoms in total. The minimum atomic E-state index is 0.255. The van der Waals surface area contributed by atoms with Gasteiger partial charge in [-0.1, -0.05) is 23.2 Å². The number of Topliss-reactive ketones (excluding diaryl/α,β-unsaturated/α-hetero) is 1. The average molecular weight is 236 g/mol. The standard InChI is InChI=1S/C10H15Cl2NO/c1-8(14)9-2-4-13(5-3-9)7-10(12)6-11/h6,9H,2-5,7H2,1H3. The second-order valence-electron chi connectivity index (χ2n) is 3.72. The molecule has 0 radical (unpaired) electrons. The van der Waals surface area contributed by atoms with E-state index < -0.39 is 0 Å². The topological polar surface area (TPSA) is 20.3 Å². The van der Waals surface area contributed by atoms with Gasteiger partial charge < -0.3 is 0 Å². The smallest absolute Gasteiger partial charge is 0.133 e. The van der Waals surface area contributed by atoms with Gasteiger partial charge in [-0.3, -0.25) is 9.69 Å². The number of likely N-dealkylation sites (tertiary alicyclic amines) is 1. The Hall–Kier alpha value is -0.0500. The van der Waals surface area contributed by atoms with Crippen LogP contribution >= 0.6 is 23.2 Å². The molecule has 1 heterocycles. The van der Waals surface area contributed by atoms with Crippen molar-refractivity contribution in [3.63, 3.8) is 0 Å². The van der Waals surface area contributed by atoms with Crippen LogP contribution in [0.15, 0.2) is 10.6 Å². The Balaban J connectivity index is 2.32. The third-order valence-electron chi connectivity index (χ3n) is 2.66. The molecule has 1 aliphatic rings. The minimum absolute atomic E-state index is 0.255. The lowest BCUT2D eigenvalue weighted by Gasteiger charge is -2.30. The van der Waals surface area contributed by atoms with E-state index in [1.165, 1.54) is 5.54 Å². The number of halogens is 2. The number of hydrogen-bond donors (Lipinski definition) is 0. The largest absolute Gasteiger partial charge is 0.300 e. The fourth-order valence-corrected chi connectivity index (χ4v) is 1.98. The Morgan fingerprint density at radius 2 is 2.07 bits per heavy atom. The van der Waals surface area contributed by atoms with Crippen LogP contribution in [0.3, 0.4) is 0 Å². The van der Waals surface area contributed by atoms with Gasteiger partial charge in [0.05, 0.1) is 0 Å². The van der Waals surface area contributed by atoms with Gasteiger partial charge in [-0.05, 0) is 32.9 Å². The summed E-state index contributed by atoms with van der Waals surface area (Å²) in [6.07, 6.45) is 1.89. The lowest BCUT2D eigenvalue weighted by molar-refractivity contribution is -0.122. The zero-order chi connectivity index (χ0) is 10.6. The van der Waals surface area contributed by atoms with Crippen LogP contribution in [0.2, 0.25) is 0 Å². The second-order valence-corrected chi connectivity index (χ2v) is 4.42. The predicted octanol–water partition coefficient (Wildman–Crippen LogP) is 2.61. The molecular formula is C10H15Cl2NO. The van der Waals surface area contributed by atoms with E-state index in [1.54, 1.807) is 6.92 Å². The van der Waals surface area contributed by atoms with Gasteiger partial charge in [-0.2, -0.15) is 0 Å². The van der Waals surface area contributed by atoms with Crippen molar-refractivity contribution in [2.75, 3.05) is 19.6 Å². The zero-order valence-electron chi connectivity index (χ0n) is 8.30. The third kappa shape index (κ3) is 3.60. The Labute approximate surface area is 94.9 Å². The van der Waals surface area contributed by atoms with E-state index >= 15 is 0 Å². The first-order valence-electron chi connectivity index (χ1n) is 4.81. The van der Waals surface area contributed by atoms with Gasteiger partial charge in [0.2, 0.25) is 0 Å². The molecule has 80 valence electrons. The Morgan fingerprint density at radius 1 is 1.50 bits per heavy atom. The van der Waals surface area contributed by atoms with Crippen LogP contribution in [0, 0.1) is 5.92 Å². The average Bonchev–Trinajstić information content (AvgIpc) is 2.18. The zero-order valence-corrected chi connectivity index (χ0v) is 9.81. The van der Waals surface area contributed by atoms with E-state index in [0.29, 0.717) is 17.4 Å². The molecule has 0 unspecified atom stereocenters. The quantitative estimate of drug-likeness (QED) is 0.750. The molecule has 1 saturated heterocycles. The maximum absolute atomic E-state index is 11.1. The molecule has 0 spiro atoms. The van der Waals surface area contributed by atoms with E-state index in [-0.39, 0.29) is 5.92 Å². The first-order chi connectivity index (χ1) is 6.63. The molecule has 14 heavy (non-hydrogen) atoms. The van der Waals surface area contributed by atoms with Crippen molar-refractivity contribution >= 4 is 29.0 Å². The summed E-state index contributed by atoms with van der Waals surface area (Å²) in [6.45, 7) is 4.25. The minimum Gasteiger partial charge on any atom is -0.300 e. The summed E-state index contributed by atoms with van der Waals surface area (Å²) in [5.74, 6) is 0.564. The molecule has 0 amide bonds. The van der Waals surface area contributed by atoms with Crippen molar-refractivity contribution in [2.45, 2.75) is 19.8 Å². The molecule has 1 fully saturated rings. The van der Waals surface area contributed by atoms with Crippen LogP contribution in [0.4, 0.5) is 0 Å². The highest BCUT2D eigenvalue weighted by molar-refractivity contribution is 6.36. The van der Waals surface area contributed by atoms with Crippen LogP contribution in [-0.4, -0.2) is 30.3 Å². The molecular weight excluding hydrogens is 221 g/mol. The van der Waals surface area contributed by atoms with Gasteiger partial charge >= 0.3 is 0 Å². The Kier molecular flexibility index (Phi) is 4.93. The lowest BCUT2D eigenvalue weighted by Crippen LogP contribution is -2.36. The number of rotatable bonds is 3. The predicted molar refractivity (Wildman–Crippen MR) is 59.6 cm³/mol. The highest BCUT2D eigenvalue weighted by Crippen LogP contribution is 2.19. The molecule has 0 aromatic heterocycles. The molecule has 0 bridgehead atoms. The van der Waals surface area contributed by atoms with E-state index in [4.69, 9.17) is 23.2 Å². The van der Waals surface area contributed by atoms with Crippen molar-refractivity contribution in [3.05, 3.63) is 10.6 Å². The highest BCUT2D eigenvalue weighted by atomic mass is 35.5. The lowest BCUT2D eigenvalue weighted by atomic mass is 9.93. The fourth-order valence-electron chi connectivity index (χ4n) is 1.75. The van der Waals surface area contributed by atoms with Crippen molar-refractivity contribution in [1.29, 1.82) is 0 Å². The van der Waals surface area contributed by atoms with Gasteiger partial charge in [0.15, 0.2) is 0 Å². The molecule has 0 atom stereocenters. The van der Waals surface area contributed by atoms with Crippen molar-refractivity contribution < 1.29 is 4.79 Å². The van der Waals surface area contributed by atoms with E-state index in [9.17, 15) is 4.79 Å². The molecule has 0 N–H and O–H groups in total. The van der Waals surface area contributed by atoms with Crippen molar-refractivity contribution in [1.82, 2.24) is 4.90 Å². The molecule has 1 aliphatic heterocycles. The second kappa shape index (κ2) is 5.74. The summed E-state index contributed by atoms with van der Waals surface area (Å²) in [5, 5.41) is 0.660. The number of piperidine rings is 1. The maximum Gasteiger partial charge on any atom is 0.133 e. The van der Waals surface area contributed by atoms with E-state index in [0.717, 1.165) is 25.9 Å². The van der Waals surface area contributed by atoms with Crippen LogP contribution in [0.25, 0.3) is 0 Å². The highest BCUT2D eigenvalue weighted by Gasteiger charge is 2.22. The van der Waals surface area contributed by atoms with E-state index in [2.05, 4.69) is 4.90 Å². The van der Waals surface area contributed by atoms with Crippen LogP contribution < -0.4 is 0 Å². The van der Waals surface area contributed by atoms with Crippen molar-refractivity contribution in [3.8, 4) is 0 Å². The summed E-state index contributed by atoms with van der Waals surface area (Å²) < 4.78 is 0. The number of carbonyl (C=O) groups is 1. The van der Waals surface area contributed by atoms with E-state index in [1.807, 2.05) is 0 Å². The van der Waals surface area contributed by atoms with Gasteiger partial charge in [-0.25, -0.2) is 0 Å². The number of ketones is 1. The number of carbonyl (C=O) groups excluding carboxylic acids is 1. The SMILES string of the molecule is CC(=O)C1CCN(CC(Cl)=CCl)CC1. The number of hydrogen-bond acceptors (Lipinski definition) is 2. The van der Waals surface area contributed by atoms with Crippen molar-refractivity contribution in [2.24, 2.45) is 5.92 Å². The Morgan fingerprint density at radius 3 is 2.50 bits per heavy atom. The summed E-state index contributed by atoms with van der Waals surface area (Å²) in [5.41, 5.74) is 1.40. The fraction of sp³-hybridized carbons (Fsp3) is 0.700. The van der Waals surface area contributed by atoms with Gasteiger partial charge in [0.25, 0.3) is 0 Å². The van der Waals surface area contributed by atoms with Gasteiger partial charge in [-0.15, -0.1) is 0 Å². The first kappa shape index (κ1) is 12.0. The monoisotopic (exact) mass is 235 g/mol. The molecule has 0 aromatic rings. The summed E-state index contributed by atoms with van der Waals surface area (Å²) in [6, 6.07) is 0. The molecule has 1 rings (SSSR count). The van der Waals surface area contributed by atoms with Crippen LogP contribution in [-0.2, 0) is 4.79 Å². The number of nitrogens with zero attached hydrogens (tertiary/aromatic N) is 1. The van der Waals surface area contributed by atoms with Gasteiger partial charge in [0.1, 0.15) is 5.78 Å². The van der Waals surface area contributed by atoms with Crippen LogP contribution in [0.1, 0.15) is 19.8 Å².